The van der Waals surface area contributed by atoms with E-state index in [4.69, 9.17) is 0 Å². The van der Waals surface area contributed by atoms with Crippen LogP contribution in [0, 0.1) is 0 Å². The molecule has 0 heterocycles. The molecule has 1 aliphatic carbocycles. The van der Waals surface area contributed by atoms with Gasteiger partial charge in [0.2, 0.25) is 10.0 Å². The summed E-state index contributed by atoms with van der Waals surface area (Å²) in [7, 11) is -3.26. The molecule has 1 aliphatic rings. The van der Waals surface area contributed by atoms with Crippen molar-refractivity contribution in [3.63, 3.8) is 0 Å². The van der Waals surface area contributed by atoms with Crippen LogP contribution in [0.4, 0.5) is 5.69 Å². The lowest BCUT2D eigenvalue weighted by Gasteiger charge is -2.23. The second kappa shape index (κ2) is 7.27. The molecule has 5 heteroatoms. The van der Waals surface area contributed by atoms with Gasteiger partial charge in [0, 0.05) is 11.7 Å². The molecular formula is C16H26N2O2S. The molecule has 0 aliphatic heterocycles. The summed E-state index contributed by atoms with van der Waals surface area (Å²) in [5.41, 5.74) is 1.77. The molecule has 1 aromatic carbocycles. The van der Waals surface area contributed by atoms with Crippen LogP contribution in [-0.2, 0) is 10.0 Å². The second-order valence-corrected chi connectivity index (χ2v) is 7.77. The van der Waals surface area contributed by atoms with E-state index in [0.29, 0.717) is 5.69 Å². The molecule has 0 saturated heterocycles. The van der Waals surface area contributed by atoms with Crippen LogP contribution in [0.15, 0.2) is 24.3 Å². The van der Waals surface area contributed by atoms with E-state index in [9.17, 15) is 8.42 Å². The Hall–Kier alpha value is -1.07. The predicted octanol–water partition coefficient (Wildman–Crippen LogP) is 3.43. The Bertz CT molecular complexity index is 551. The molecule has 0 amide bonds. The third kappa shape index (κ3) is 4.45. The zero-order valence-electron chi connectivity index (χ0n) is 12.9. The predicted molar refractivity (Wildman–Crippen MR) is 87.9 cm³/mol. The quantitative estimate of drug-likeness (QED) is 0.846. The minimum Gasteiger partial charge on any atom is -0.310 e. The van der Waals surface area contributed by atoms with Gasteiger partial charge in [-0.3, -0.25) is 4.72 Å². The number of rotatable bonds is 6. The molecule has 0 radical (unpaired) electrons. The molecule has 2 N–H and O–H groups in total. The lowest BCUT2D eigenvalue weighted by molar-refractivity contribution is 0.486. The molecule has 1 aromatic rings. The van der Waals surface area contributed by atoms with Gasteiger partial charge in [-0.05, 0) is 44.0 Å². The fraction of sp³-hybridized carbons (Fsp3) is 0.625. The largest absolute Gasteiger partial charge is 0.310 e. The second-order valence-electron chi connectivity index (χ2n) is 5.81. The zero-order valence-corrected chi connectivity index (χ0v) is 13.7. The molecule has 0 aromatic heterocycles. The lowest BCUT2D eigenvalue weighted by Crippen LogP contribution is -2.29. The Balaban J connectivity index is 2.09. The van der Waals surface area contributed by atoms with Crippen LogP contribution in [-0.4, -0.2) is 20.2 Å². The van der Waals surface area contributed by atoms with Crippen LogP contribution in [0.3, 0.4) is 0 Å². The first-order chi connectivity index (χ1) is 10.0. The summed E-state index contributed by atoms with van der Waals surface area (Å²) in [6.45, 7) is 5.03. The van der Waals surface area contributed by atoms with Gasteiger partial charge in [-0.2, -0.15) is 0 Å². The Morgan fingerprint density at radius 2 is 1.95 bits per heavy atom. The number of sulfonamides is 1. The SMILES string of the molecule is CCNC(C)c1cccc(NS(=O)(=O)C2CCCCC2)c1. The zero-order chi connectivity index (χ0) is 15.3. The van der Waals surface area contributed by atoms with Crippen LogP contribution < -0.4 is 10.0 Å². The van der Waals surface area contributed by atoms with E-state index in [1.165, 1.54) is 0 Å². The highest BCUT2D eigenvalue weighted by atomic mass is 32.2. The summed E-state index contributed by atoms with van der Waals surface area (Å²) in [4.78, 5) is 0. The van der Waals surface area contributed by atoms with Crippen molar-refractivity contribution in [2.45, 2.75) is 57.2 Å². The highest BCUT2D eigenvalue weighted by Gasteiger charge is 2.27. The molecule has 118 valence electrons. The summed E-state index contributed by atoms with van der Waals surface area (Å²) in [6, 6.07) is 7.89. The van der Waals surface area contributed by atoms with Gasteiger partial charge >= 0.3 is 0 Å². The third-order valence-electron chi connectivity index (χ3n) is 4.15. The fourth-order valence-corrected chi connectivity index (χ4v) is 4.49. The van der Waals surface area contributed by atoms with Crippen LogP contribution >= 0.6 is 0 Å². The normalized spacial score (nSPS) is 18.4. The van der Waals surface area contributed by atoms with Crippen molar-refractivity contribution in [1.29, 1.82) is 0 Å². The molecule has 1 fully saturated rings. The van der Waals surface area contributed by atoms with Gasteiger partial charge < -0.3 is 5.32 Å². The molecule has 21 heavy (non-hydrogen) atoms. The highest BCUT2D eigenvalue weighted by Crippen LogP contribution is 2.26. The maximum absolute atomic E-state index is 12.4. The van der Waals surface area contributed by atoms with E-state index in [1.807, 2.05) is 24.3 Å². The van der Waals surface area contributed by atoms with E-state index in [0.717, 1.165) is 44.2 Å². The number of nitrogens with one attached hydrogen (secondary N) is 2. The topological polar surface area (TPSA) is 58.2 Å². The van der Waals surface area contributed by atoms with Gasteiger partial charge in [0.05, 0.1) is 5.25 Å². The van der Waals surface area contributed by atoms with Crippen LogP contribution in [0.25, 0.3) is 0 Å². The number of hydrogen-bond acceptors (Lipinski definition) is 3. The van der Waals surface area contributed by atoms with Crippen molar-refractivity contribution in [3.05, 3.63) is 29.8 Å². The monoisotopic (exact) mass is 310 g/mol. The molecule has 4 nitrogen and oxygen atoms in total. The first-order valence-corrected chi connectivity index (χ1v) is 9.42. The van der Waals surface area contributed by atoms with Crippen molar-refractivity contribution in [3.8, 4) is 0 Å². The van der Waals surface area contributed by atoms with E-state index < -0.39 is 10.0 Å². The first-order valence-electron chi connectivity index (χ1n) is 7.88. The Morgan fingerprint density at radius 1 is 1.24 bits per heavy atom. The van der Waals surface area contributed by atoms with Crippen molar-refractivity contribution < 1.29 is 8.42 Å². The minimum absolute atomic E-state index is 0.217. The van der Waals surface area contributed by atoms with Gasteiger partial charge in [-0.25, -0.2) is 8.42 Å². The highest BCUT2D eigenvalue weighted by molar-refractivity contribution is 7.93. The summed E-state index contributed by atoms with van der Waals surface area (Å²) in [5, 5.41) is 3.10. The Kier molecular flexibility index (Phi) is 5.65. The summed E-state index contributed by atoms with van der Waals surface area (Å²) in [6.07, 6.45) is 4.75. The van der Waals surface area contributed by atoms with Gasteiger partial charge in [0.1, 0.15) is 0 Å². The van der Waals surface area contributed by atoms with Crippen LogP contribution in [0.5, 0.6) is 0 Å². The summed E-state index contributed by atoms with van der Waals surface area (Å²) < 4.78 is 27.6. The molecule has 1 unspecified atom stereocenters. The van der Waals surface area contributed by atoms with E-state index in [1.54, 1.807) is 0 Å². The summed E-state index contributed by atoms with van der Waals surface area (Å²) in [5.74, 6) is 0. The number of anilines is 1. The Morgan fingerprint density at radius 3 is 2.62 bits per heavy atom. The molecule has 1 atom stereocenters. The lowest BCUT2D eigenvalue weighted by atomic mass is 10.0. The van der Waals surface area contributed by atoms with Gasteiger partial charge in [-0.1, -0.05) is 38.3 Å². The van der Waals surface area contributed by atoms with Crippen LogP contribution in [0.1, 0.15) is 57.6 Å². The van der Waals surface area contributed by atoms with Gasteiger partial charge in [0.25, 0.3) is 0 Å². The average Bonchev–Trinajstić information content (AvgIpc) is 2.48. The fourth-order valence-electron chi connectivity index (χ4n) is 2.92. The molecule has 0 bridgehead atoms. The minimum atomic E-state index is -3.26. The van der Waals surface area contributed by atoms with Crippen molar-refractivity contribution >= 4 is 15.7 Å². The van der Waals surface area contributed by atoms with Gasteiger partial charge in [-0.15, -0.1) is 0 Å². The smallest absolute Gasteiger partial charge is 0.235 e. The maximum atomic E-state index is 12.4. The van der Waals surface area contributed by atoms with E-state index in [2.05, 4.69) is 23.9 Å². The summed E-state index contributed by atoms with van der Waals surface area (Å²) >= 11 is 0. The van der Waals surface area contributed by atoms with Gasteiger partial charge in [0.15, 0.2) is 0 Å². The molecule has 2 rings (SSSR count). The number of benzene rings is 1. The first kappa shape index (κ1) is 16.3. The van der Waals surface area contributed by atoms with Crippen molar-refractivity contribution in [2.24, 2.45) is 0 Å². The van der Waals surface area contributed by atoms with Crippen LogP contribution in [0.2, 0.25) is 0 Å². The molecule has 1 saturated carbocycles. The Labute approximate surface area is 128 Å². The third-order valence-corrected chi connectivity index (χ3v) is 6.02. The molecular weight excluding hydrogens is 284 g/mol. The van der Waals surface area contributed by atoms with E-state index in [-0.39, 0.29) is 11.3 Å². The standard InChI is InChI=1S/C16H26N2O2S/c1-3-17-13(2)14-8-7-9-15(12-14)18-21(19,20)16-10-5-4-6-11-16/h7-9,12-13,16-18H,3-6,10-11H2,1-2H3. The maximum Gasteiger partial charge on any atom is 0.235 e. The average molecular weight is 310 g/mol. The van der Waals surface area contributed by atoms with Crippen molar-refractivity contribution in [1.82, 2.24) is 5.32 Å². The van der Waals surface area contributed by atoms with Crippen molar-refractivity contribution in [2.75, 3.05) is 11.3 Å². The number of hydrogen-bond donors (Lipinski definition) is 2. The molecule has 0 spiro atoms. The van der Waals surface area contributed by atoms with E-state index >= 15 is 0 Å².